The molecule has 20 heavy (non-hydrogen) atoms. The highest BCUT2D eigenvalue weighted by molar-refractivity contribution is 9.10. The van der Waals surface area contributed by atoms with Crippen LogP contribution in [-0.4, -0.2) is 11.6 Å². The minimum absolute atomic E-state index is 0.209. The van der Waals surface area contributed by atoms with Crippen molar-refractivity contribution < 1.29 is 4.79 Å². The Balaban J connectivity index is 2.08. The van der Waals surface area contributed by atoms with Crippen molar-refractivity contribution in [2.24, 2.45) is 5.10 Å². The van der Waals surface area contributed by atoms with Crippen LogP contribution in [-0.2, 0) is 0 Å². The van der Waals surface area contributed by atoms with Crippen molar-refractivity contribution >= 4 is 27.5 Å². The molecular weight excluding hydrogens is 316 g/mol. The minimum atomic E-state index is -0.209. The van der Waals surface area contributed by atoms with E-state index in [2.05, 4.69) is 26.5 Å². The van der Waals surface area contributed by atoms with Crippen molar-refractivity contribution in [3.63, 3.8) is 0 Å². The molecule has 0 aliphatic rings. The zero-order chi connectivity index (χ0) is 14.5. The average molecular weight is 331 g/mol. The topological polar surface area (TPSA) is 41.5 Å². The molecule has 0 unspecified atom stereocenters. The van der Waals surface area contributed by atoms with Gasteiger partial charge >= 0.3 is 0 Å². The van der Waals surface area contributed by atoms with E-state index in [9.17, 15) is 4.79 Å². The third-order valence-corrected chi connectivity index (χ3v) is 3.37. The Bertz CT molecular complexity index is 648. The van der Waals surface area contributed by atoms with Gasteiger partial charge in [-0.05, 0) is 43.7 Å². The number of hydrazone groups is 1. The summed E-state index contributed by atoms with van der Waals surface area (Å²) in [5.41, 5.74) is 6.01. The highest BCUT2D eigenvalue weighted by atomic mass is 79.9. The normalized spacial score (nSPS) is 11.2. The molecule has 3 nitrogen and oxygen atoms in total. The van der Waals surface area contributed by atoms with E-state index in [1.165, 1.54) is 0 Å². The zero-order valence-electron chi connectivity index (χ0n) is 11.4. The van der Waals surface area contributed by atoms with Crippen molar-refractivity contribution in [1.82, 2.24) is 5.43 Å². The summed E-state index contributed by atoms with van der Waals surface area (Å²) in [6, 6.07) is 15.2. The zero-order valence-corrected chi connectivity index (χ0v) is 12.9. The summed E-state index contributed by atoms with van der Waals surface area (Å²) in [6.07, 6.45) is 0. The Morgan fingerprint density at radius 3 is 2.45 bits per heavy atom. The fourth-order valence-corrected chi connectivity index (χ4v) is 2.08. The molecule has 0 atom stereocenters. The average Bonchev–Trinajstić information content (AvgIpc) is 2.45. The first-order valence-electron chi connectivity index (χ1n) is 6.23. The lowest BCUT2D eigenvalue weighted by Gasteiger charge is -2.04. The fraction of sp³-hybridized carbons (Fsp3) is 0.125. The van der Waals surface area contributed by atoms with Crippen LogP contribution in [0.1, 0.15) is 28.4 Å². The van der Waals surface area contributed by atoms with Crippen LogP contribution in [0.3, 0.4) is 0 Å². The summed E-state index contributed by atoms with van der Waals surface area (Å²) < 4.78 is 0.981. The second-order valence-electron chi connectivity index (χ2n) is 4.51. The van der Waals surface area contributed by atoms with Crippen molar-refractivity contribution in [3.8, 4) is 0 Å². The monoisotopic (exact) mass is 330 g/mol. The lowest BCUT2D eigenvalue weighted by atomic mass is 10.1. The molecule has 2 aromatic carbocycles. The SMILES string of the molecule is C/C(=N/NC(=O)c1ccc(C)cc1)c1cccc(Br)c1. The van der Waals surface area contributed by atoms with Gasteiger partial charge in [0.2, 0.25) is 0 Å². The van der Waals surface area contributed by atoms with Gasteiger partial charge in [-0.1, -0.05) is 45.8 Å². The summed E-state index contributed by atoms with van der Waals surface area (Å²) in [6.45, 7) is 3.84. The van der Waals surface area contributed by atoms with Gasteiger partial charge in [-0.15, -0.1) is 0 Å². The third-order valence-electron chi connectivity index (χ3n) is 2.88. The molecule has 0 saturated carbocycles. The lowest BCUT2D eigenvalue weighted by Crippen LogP contribution is -2.19. The van der Waals surface area contributed by atoms with Gasteiger partial charge in [-0.25, -0.2) is 5.43 Å². The van der Waals surface area contributed by atoms with Crippen molar-refractivity contribution in [1.29, 1.82) is 0 Å². The van der Waals surface area contributed by atoms with Crippen LogP contribution in [0.5, 0.6) is 0 Å². The first kappa shape index (κ1) is 14.5. The van der Waals surface area contributed by atoms with Gasteiger partial charge in [0.15, 0.2) is 0 Å². The van der Waals surface area contributed by atoms with Gasteiger partial charge < -0.3 is 0 Å². The molecule has 0 fully saturated rings. The van der Waals surface area contributed by atoms with E-state index >= 15 is 0 Å². The van der Waals surface area contributed by atoms with Crippen LogP contribution in [0.2, 0.25) is 0 Å². The number of nitrogens with one attached hydrogen (secondary N) is 1. The van der Waals surface area contributed by atoms with Crippen LogP contribution in [0, 0.1) is 6.92 Å². The molecule has 0 heterocycles. The standard InChI is InChI=1S/C16H15BrN2O/c1-11-6-8-13(9-7-11)16(20)19-18-12(2)14-4-3-5-15(17)10-14/h3-10H,1-2H3,(H,19,20)/b18-12-. The van der Waals surface area contributed by atoms with Crippen LogP contribution >= 0.6 is 15.9 Å². The van der Waals surface area contributed by atoms with E-state index in [1.807, 2.05) is 50.2 Å². The molecule has 0 spiro atoms. The van der Waals surface area contributed by atoms with Gasteiger partial charge in [0.25, 0.3) is 5.91 Å². The fourth-order valence-electron chi connectivity index (χ4n) is 1.68. The maximum atomic E-state index is 11.9. The lowest BCUT2D eigenvalue weighted by molar-refractivity contribution is 0.0955. The summed E-state index contributed by atoms with van der Waals surface area (Å²) in [5.74, 6) is -0.209. The molecule has 0 aliphatic carbocycles. The molecule has 0 aliphatic heterocycles. The number of aryl methyl sites for hydroxylation is 1. The van der Waals surface area contributed by atoms with E-state index < -0.39 is 0 Å². The van der Waals surface area contributed by atoms with Crippen LogP contribution in [0.25, 0.3) is 0 Å². The van der Waals surface area contributed by atoms with E-state index in [0.29, 0.717) is 5.56 Å². The highest BCUT2D eigenvalue weighted by Gasteiger charge is 2.04. The number of amides is 1. The summed E-state index contributed by atoms with van der Waals surface area (Å²) in [4.78, 5) is 11.9. The molecule has 1 amide bonds. The number of nitrogens with zero attached hydrogens (tertiary/aromatic N) is 1. The maximum Gasteiger partial charge on any atom is 0.271 e. The second kappa shape index (κ2) is 6.48. The second-order valence-corrected chi connectivity index (χ2v) is 5.43. The number of hydrogen-bond donors (Lipinski definition) is 1. The first-order valence-corrected chi connectivity index (χ1v) is 7.03. The van der Waals surface area contributed by atoms with Crippen LogP contribution in [0.4, 0.5) is 0 Å². The molecule has 4 heteroatoms. The molecule has 0 saturated heterocycles. The Labute approximate surface area is 126 Å². The Morgan fingerprint density at radius 1 is 1.10 bits per heavy atom. The smallest absolute Gasteiger partial charge is 0.267 e. The minimum Gasteiger partial charge on any atom is -0.267 e. The quantitative estimate of drug-likeness (QED) is 0.672. The summed E-state index contributed by atoms with van der Waals surface area (Å²) in [5, 5.41) is 4.13. The first-order chi connectivity index (χ1) is 9.56. The van der Waals surface area contributed by atoms with Crippen molar-refractivity contribution in [3.05, 3.63) is 69.7 Å². The molecule has 102 valence electrons. The van der Waals surface area contributed by atoms with Gasteiger partial charge in [-0.3, -0.25) is 4.79 Å². The number of benzene rings is 2. The number of rotatable bonds is 3. The Kier molecular flexibility index (Phi) is 4.69. The molecule has 2 rings (SSSR count). The van der Waals surface area contributed by atoms with Crippen molar-refractivity contribution in [2.45, 2.75) is 13.8 Å². The number of carbonyl (C=O) groups is 1. The number of hydrogen-bond acceptors (Lipinski definition) is 2. The summed E-state index contributed by atoms with van der Waals surface area (Å²) >= 11 is 3.41. The predicted molar refractivity (Wildman–Crippen MR) is 85.0 cm³/mol. The van der Waals surface area contributed by atoms with Gasteiger partial charge in [0.05, 0.1) is 5.71 Å². The number of carbonyl (C=O) groups excluding carboxylic acids is 1. The van der Waals surface area contributed by atoms with E-state index in [-0.39, 0.29) is 5.91 Å². The highest BCUT2D eigenvalue weighted by Crippen LogP contribution is 2.12. The Hall–Kier alpha value is -1.94. The molecule has 1 N–H and O–H groups in total. The molecule has 0 radical (unpaired) electrons. The van der Waals surface area contributed by atoms with E-state index in [0.717, 1.165) is 21.3 Å². The van der Waals surface area contributed by atoms with E-state index in [4.69, 9.17) is 0 Å². The van der Waals surface area contributed by atoms with Gasteiger partial charge in [0, 0.05) is 10.0 Å². The molecule has 0 bridgehead atoms. The molecular formula is C16H15BrN2O. The largest absolute Gasteiger partial charge is 0.271 e. The summed E-state index contributed by atoms with van der Waals surface area (Å²) in [7, 11) is 0. The molecule has 2 aromatic rings. The van der Waals surface area contributed by atoms with Crippen LogP contribution in [0.15, 0.2) is 58.1 Å². The van der Waals surface area contributed by atoms with Gasteiger partial charge in [-0.2, -0.15) is 5.10 Å². The Morgan fingerprint density at radius 2 is 1.80 bits per heavy atom. The molecule has 0 aromatic heterocycles. The van der Waals surface area contributed by atoms with Crippen LogP contribution < -0.4 is 5.43 Å². The number of halogens is 1. The van der Waals surface area contributed by atoms with Crippen molar-refractivity contribution in [2.75, 3.05) is 0 Å². The maximum absolute atomic E-state index is 11.9. The predicted octanol–water partition coefficient (Wildman–Crippen LogP) is 3.91. The van der Waals surface area contributed by atoms with Gasteiger partial charge in [0.1, 0.15) is 0 Å². The van der Waals surface area contributed by atoms with E-state index in [1.54, 1.807) is 12.1 Å². The third kappa shape index (κ3) is 3.78.